The highest BCUT2D eigenvalue weighted by molar-refractivity contribution is 6.30. The van der Waals surface area contributed by atoms with Crippen molar-refractivity contribution in [3.05, 3.63) is 71.1 Å². The minimum atomic E-state index is -1.07. The number of phenols is 1. The highest BCUT2D eigenvalue weighted by Crippen LogP contribution is 2.27. The fraction of sp³-hybridized carbons (Fsp3) is 0.118. The molecule has 0 amide bonds. The maximum atomic E-state index is 13.3. The van der Waals surface area contributed by atoms with E-state index in [1.165, 1.54) is 10.7 Å². The molecule has 4 nitrogen and oxygen atoms in total. The highest BCUT2D eigenvalue weighted by atomic mass is 35.5. The van der Waals surface area contributed by atoms with Gasteiger partial charge in [0.25, 0.3) is 0 Å². The Morgan fingerprint density at radius 2 is 2.00 bits per heavy atom. The van der Waals surface area contributed by atoms with E-state index in [9.17, 15) is 14.6 Å². The predicted molar refractivity (Wildman–Crippen MR) is 85.7 cm³/mol. The average Bonchev–Trinajstić information content (AvgIpc) is 2.98. The van der Waals surface area contributed by atoms with Crippen LogP contribution in [0.2, 0.25) is 5.02 Å². The van der Waals surface area contributed by atoms with Crippen LogP contribution >= 0.6 is 11.6 Å². The van der Waals surface area contributed by atoms with Gasteiger partial charge >= 0.3 is 0 Å². The average molecular weight is 333 g/mol. The van der Waals surface area contributed by atoms with E-state index in [-0.39, 0.29) is 17.9 Å². The number of rotatable bonds is 4. The quantitative estimate of drug-likeness (QED) is 0.764. The van der Waals surface area contributed by atoms with Crippen molar-refractivity contribution in [3.8, 4) is 17.0 Å². The van der Waals surface area contributed by atoms with Gasteiger partial charge in [-0.05, 0) is 36.4 Å². The number of hydrogen-bond donors (Lipinski definition) is 2. The molecular weight excluding hydrogens is 319 g/mol. The fourth-order valence-electron chi connectivity index (χ4n) is 2.33. The first-order chi connectivity index (χ1) is 11.0. The van der Waals surface area contributed by atoms with Crippen LogP contribution in [0.4, 0.5) is 4.39 Å². The second kappa shape index (κ2) is 6.40. The van der Waals surface area contributed by atoms with E-state index in [1.54, 1.807) is 24.4 Å². The largest absolute Gasteiger partial charge is 0.508 e. The number of aliphatic hydroxyl groups is 1. The Morgan fingerprint density at radius 3 is 2.78 bits per heavy atom. The Bertz CT molecular complexity index is 835. The molecule has 0 saturated heterocycles. The van der Waals surface area contributed by atoms with Crippen molar-refractivity contribution in [2.75, 3.05) is 0 Å². The summed E-state index contributed by atoms with van der Waals surface area (Å²) in [4.78, 5) is 0. The Kier molecular flexibility index (Phi) is 4.32. The lowest BCUT2D eigenvalue weighted by Crippen LogP contribution is -2.09. The molecule has 0 aliphatic rings. The topological polar surface area (TPSA) is 58.3 Å². The number of nitrogens with zero attached hydrogens (tertiary/aromatic N) is 2. The summed E-state index contributed by atoms with van der Waals surface area (Å²) in [5.74, 6) is -0.668. The second-order valence-electron chi connectivity index (χ2n) is 5.15. The third-order valence-corrected chi connectivity index (χ3v) is 3.70. The van der Waals surface area contributed by atoms with E-state index >= 15 is 0 Å². The lowest BCUT2D eigenvalue weighted by Gasteiger charge is -2.12. The van der Waals surface area contributed by atoms with Crippen LogP contribution in [-0.4, -0.2) is 20.0 Å². The van der Waals surface area contributed by atoms with Gasteiger partial charge in [0.2, 0.25) is 0 Å². The molecule has 23 heavy (non-hydrogen) atoms. The standard InChI is InChI=1S/C17H14ClFN2O2/c18-12-3-1-2-11(8-12)15-6-7-21(20-15)10-17(23)14-9-13(19)4-5-16(14)22/h1-9,17,22-23H,10H2. The van der Waals surface area contributed by atoms with Crippen molar-refractivity contribution in [3.63, 3.8) is 0 Å². The Hall–Kier alpha value is -2.37. The molecule has 0 aliphatic heterocycles. The summed E-state index contributed by atoms with van der Waals surface area (Å²) in [6, 6.07) is 12.5. The zero-order valence-electron chi connectivity index (χ0n) is 12.0. The van der Waals surface area contributed by atoms with E-state index in [0.717, 1.165) is 17.7 Å². The van der Waals surface area contributed by atoms with Gasteiger partial charge in [-0.1, -0.05) is 23.7 Å². The summed E-state index contributed by atoms with van der Waals surface area (Å²) >= 11 is 5.96. The van der Waals surface area contributed by atoms with Crippen molar-refractivity contribution >= 4 is 11.6 Å². The van der Waals surface area contributed by atoms with E-state index < -0.39 is 11.9 Å². The molecule has 1 aromatic heterocycles. The SMILES string of the molecule is Oc1ccc(F)cc1C(O)Cn1ccc(-c2cccc(Cl)c2)n1. The Labute approximate surface area is 137 Å². The Balaban J connectivity index is 1.80. The number of phenolic OH excluding ortho intramolecular Hbond substituents is 1. The lowest BCUT2D eigenvalue weighted by molar-refractivity contribution is 0.148. The number of halogens is 2. The zero-order valence-corrected chi connectivity index (χ0v) is 12.8. The van der Waals surface area contributed by atoms with Gasteiger partial charge in [0, 0.05) is 22.3 Å². The van der Waals surface area contributed by atoms with Crippen LogP contribution < -0.4 is 0 Å². The van der Waals surface area contributed by atoms with Crippen molar-refractivity contribution < 1.29 is 14.6 Å². The van der Waals surface area contributed by atoms with Crippen LogP contribution in [0.5, 0.6) is 5.75 Å². The first kappa shape index (κ1) is 15.5. The van der Waals surface area contributed by atoms with Gasteiger partial charge in [0.05, 0.1) is 12.2 Å². The number of hydrogen-bond acceptors (Lipinski definition) is 3. The molecule has 0 fully saturated rings. The van der Waals surface area contributed by atoms with Gasteiger partial charge in [-0.3, -0.25) is 4.68 Å². The monoisotopic (exact) mass is 332 g/mol. The molecule has 1 atom stereocenters. The minimum absolute atomic E-state index is 0.0948. The first-order valence-corrected chi connectivity index (χ1v) is 7.36. The normalized spacial score (nSPS) is 12.3. The van der Waals surface area contributed by atoms with Gasteiger partial charge < -0.3 is 10.2 Å². The number of benzene rings is 2. The van der Waals surface area contributed by atoms with Gasteiger partial charge in [-0.15, -0.1) is 0 Å². The van der Waals surface area contributed by atoms with Gasteiger partial charge in [-0.25, -0.2) is 4.39 Å². The molecule has 1 unspecified atom stereocenters. The molecule has 2 aromatic carbocycles. The zero-order chi connectivity index (χ0) is 16.4. The van der Waals surface area contributed by atoms with Crippen LogP contribution in [0.15, 0.2) is 54.7 Å². The van der Waals surface area contributed by atoms with Crippen LogP contribution in [0.1, 0.15) is 11.7 Å². The maximum absolute atomic E-state index is 13.3. The van der Waals surface area contributed by atoms with E-state index in [1.807, 2.05) is 12.1 Å². The summed E-state index contributed by atoms with van der Waals surface area (Å²) in [6.07, 6.45) is 0.633. The summed E-state index contributed by atoms with van der Waals surface area (Å²) in [7, 11) is 0. The number of aromatic nitrogens is 2. The first-order valence-electron chi connectivity index (χ1n) is 6.99. The fourth-order valence-corrected chi connectivity index (χ4v) is 2.52. The molecule has 0 radical (unpaired) electrons. The summed E-state index contributed by atoms with van der Waals surface area (Å²) in [6.45, 7) is 0.0948. The van der Waals surface area contributed by atoms with Crippen molar-refractivity contribution in [2.24, 2.45) is 0 Å². The summed E-state index contributed by atoms with van der Waals surface area (Å²) < 4.78 is 14.8. The molecule has 0 saturated carbocycles. The molecule has 118 valence electrons. The number of aliphatic hydroxyl groups excluding tert-OH is 1. The minimum Gasteiger partial charge on any atom is -0.508 e. The molecular formula is C17H14ClFN2O2. The van der Waals surface area contributed by atoms with E-state index in [2.05, 4.69) is 5.10 Å². The second-order valence-corrected chi connectivity index (χ2v) is 5.59. The van der Waals surface area contributed by atoms with Crippen LogP contribution in [-0.2, 0) is 6.54 Å². The highest BCUT2D eigenvalue weighted by Gasteiger charge is 2.15. The van der Waals surface area contributed by atoms with Gasteiger partial charge in [0.15, 0.2) is 0 Å². The third-order valence-electron chi connectivity index (χ3n) is 3.47. The van der Waals surface area contributed by atoms with Crippen LogP contribution in [0, 0.1) is 5.82 Å². The summed E-state index contributed by atoms with van der Waals surface area (Å²) in [5.41, 5.74) is 1.70. The molecule has 0 aliphatic carbocycles. The number of aromatic hydroxyl groups is 1. The molecule has 1 heterocycles. The smallest absolute Gasteiger partial charge is 0.123 e. The lowest BCUT2D eigenvalue weighted by atomic mass is 10.1. The third kappa shape index (κ3) is 3.52. The van der Waals surface area contributed by atoms with Gasteiger partial charge in [-0.2, -0.15) is 5.10 Å². The Morgan fingerprint density at radius 1 is 1.17 bits per heavy atom. The van der Waals surface area contributed by atoms with Crippen molar-refractivity contribution in [1.82, 2.24) is 9.78 Å². The molecule has 2 N–H and O–H groups in total. The summed E-state index contributed by atoms with van der Waals surface area (Å²) in [5, 5.41) is 24.9. The van der Waals surface area contributed by atoms with E-state index in [4.69, 9.17) is 11.6 Å². The van der Waals surface area contributed by atoms with Crippen LogP contribution in [0.3, 0.4) is 0 Å². The molecule has 3 rings (SSSR count). The predicted octanol–water partition coefficient (Wildman–Crippen LogP) is 3.78. The van der Waals surface area contributed by atoms with E-state index in [0.29, 0.717) is 10.7 Å². The molecule has 0 bridgehead atoms. The molecule has 6 heteroatoms. The van der Waals surface area contributed by atoms with Crippen molar-refractivity contribution in [2.45, 2.75) is 12.6 Å². The molecule has 0 spiro atoms. The van der Waals surface area contributed by atoms with Crippen LogP contribution in [0.25, 0.3) is 11.3 Å². The van der Waals surface area contributed by atoms with Crippen molar-refractivity contribution in [1.29, 1.82) is 0 Å². The van der Waals surface area contributed by atoms with Gasteiger partial charge in [0.1, 0.15) is 17.7 Å². The molecule has 3 aromatic rings. The maximum Gasteiger partial charge on any atom is 0.123 e.